The van der Waals surface area contributed by atoms with Gasteiger partial charge in [-0.2, -0.15) is 0 Å². The van der Waals surface area contributed by atoms with Gasteiger partial charge in [-0.3, -0.25) is 0 Å². The van der Waals surface area contributed by atoms with Crippen LogP contribution in [0.2, 0.25) is 0 Å². The average Bonchev–Trinajstić information content (AvgIpc) is 2.83. The summed E-state index contributed by atoms with van der Waals surface area (Å²) in [6.07, 6.45) is 2.78. The Morgan fingerprint density at radius 1 is 1.53 bits per heavy atom. The molecule has 1 aromatic rings. The van der Waals surface area contributed by atoms with E-state index in [1.54, 1.807) is 6.33 Å². The molecule has 17 heavy (non-hydrogen) atoms. The van der Waals surface area contributed by atoms with Crippen molar-refractivity contribution in [1.29, 1.82) is 0 Å². The number of nitrogens with zero attached hydrogens (tertiary/aromatic N) is 2. The van der Waals surface area contributed by atoms with E-state index in [2.05, 4.69) is 20.6 Å². The van der Waals surface area contributed by atoms with Gasteiger partial charge in [0.1, 0.15) is 12.1 Å². The number of rotatable bonds is 5. The second kappa shape index (κ2) is 5.82. The van der Waals surface area contributed by atoms with Gasteiger partial charge >= 0.3 is 0 Å². The van der Waals surface area contributed by atoms with Crippen molar-refractivity contribution in [3.63, 3.8) is 0 Å². The van der Waals surface area contributed by atoms with Crippen molar-refractivity contribution in [2.24, 2.45) is 5.92 Å². The van der Waals surface area contributed by atoms with Crippen LogP contribution in [0.15, 0.2) is 6.33 Å². The number of hydrogen-bond donors (Lipinski definition) is 2. The highest BCUT2D eigenvalue weighted by molar-refractivity contribution is 5.47. The molecule has 1 fully saturated rings. The van der Waals surface area contributed by atoms with Crippen LogP contribution in [0.25, 0.3) is 0 Å². The number of anilines is 1. The van der Waals surface area contributed by atoms with Gasteiger partial charge < -0.3 is 15.4 Å². The van der Waals surface area contributed by atoms with Crippen LogP contribution in [0.5, 0.6) is 5.88 Å². The molecule has 0 radical (unpaired) electrons. The third-order valence-corrected chi connectivity index (χ3v) is 3.04. The molecule has 5 nitrogen and oxygen atoms in total. The van der Waals surface area contributed by atoms with Crippen molar-refractivity contribution in [3.8, 4) is 5.88 Å². The van der Waals surface area contributed by atoms with Crippen LogP contribution in [0.4, 0.5) is 5.82 Å². The Hall–Kier alpha value is -1.36. The van der Waals surface area contributed by atoms with Crippen LogP contribution in [0.3, 0.4) is 0 Å². The van der Waals surface area contributed by atoms with Crippen LogP contribution in [0, 0.1) is 12.8 Å². The minimum absolute atomic E-state index is 0.629. The minimum atomic E-state index is 0.629. The first-order valence-electron chi connectivity index (χ1n) is 6.20. The standard InChI is InChI=1S/C12H20N4O/c1-3-17-12-9(2)11(15-8-16-12)14-7-10-4-5-13-6-10/h8,10,13H,3-7H2,1-2H3,(H,14,15,16). The van der Waals surface area contributed by atoms with Gasteiger partial charge in [0.15, 0.2) is 0 Å². The highest BCUT2D eigenvalue weighted by Crippen LogP contribution is 2.20. The highest BCUT2D eigenvalue weighted by Gasteiger charge is 2.15. The number of nitrogens with one attached hydrogen (secondary N) is 2. The van der Waals surface area contributed by atoms with E-state index in [9.17, 15) is 0 Å². The van der Waals surface area contributed by atoms with E-state index in [1.165, 1.54) is 6.42 Å². The van der Waals surface area contributed by atoms with E-state index in [4.69, 9.17) is 4.74 Å². The largest absolute Gasteiger partial charge is 0.478 e. The average molecular weight is 236 g/mol. The molecule has 0 aromatic carbocycles. The fourth-order valence-electron chi connectivity index (χ4n) is 2.02. The zero-order chi connectivity index (χ0) is 12.1. The van der Waals surface area contributed by atoms with Gasteiger partial charge in [-0.15, -0.1) is 0 Å². The molecule has 2 rings (SSSR count). The third kappa shape index (κ3) is 3.06. The van der Waals surface area contributed by atoms with Crippen molar-refractivity contribution in [2.75, 3.05) is 31.6 Å². The lowest BCUT2D eigenvalue weighted by atomic mass is 10.1. The smallest absolute Gasteiger partial charge is 0.221 e. The molecule has 2 N–H and O–H groups in total. The molecule has 2 heterocycles. The molecule has 0 amide bonds. The van der Waals surface area contributed by atoms with Crippen LogP contribution in [0.1, 0.15) is 18.9 Å². The quantitative estimate of drug-likeness (QED) is 0.804. The maximum Gasteiger partial charge on any atom is 0.221 e. The number of aromatic nitrogens is 2. The van der Waals surface area contributed by atoms with Crippen molar-refractivity contribution in [3.05, 3.63) is 11.9 Å². The number of hydrogen-bond acceptors (Lipinski definition) is 5. The fourth-order valence-corrected chi connectivity index (χ4v) is 2.02. The van der Waals surface area contributed by atoms with Crippen molar-refractivity contribution in [2.45, 2.75) is 20.3 Å². The minimum Gasteiger partial charge on any atom is -0.478 e. The van der Waals surface area contributed by atoms with E-state index in [0.29, 0.717) is 18.4 Å². The lowest BCUT2D eigenvalue weighted by Crippen LogP contribution is -2.18. The molecule has 94 valence electrons. The summed E-state index contributed by atoms with van der Waals surface area (Å²) < 4.78 is 5.45. The normalized spacial score (nSPS) is 19.3. The van der Waals surface area contributed by atoms with Gasteiger partial charge in [-0.05, 0) is 39.3 Å². The molecular formula is C12H20N4O. The van der Waals surface area contributed by atoms with Crippen LogP contribution < -0.4 is 15.4 Å². The van der Waals surface area contributed by atoms with Crippen molar-refractivity contribution in [1.82, 2.24) is 15.3 Å². The van der Waals surface area contributed by atoms with Crippen LogP contribution in [-0.2, 0) is 0 Å². The zero-order valence-electron chi connectivity index (χ0n) is 10.5. The first-order chi connectivity index (χ1) is 8.31. The Morgan fingerprint density at radius 2 is 2.41 bits per heavy atom. The zero-order valence-corrected chi connectivity index (χ0v) is 10.5. The summed E-state index contributed by atoms with van der Waals surface area (Å²) in [5.41, 5.74) is 0.986. The van der Waals surface area contributed by atoms with E-state index < -0.39 is 0 Å². The maximum atomic E-state index is 5.45. The molecule has 1 aliphatic heterocycles. The predicted molar refractivity (Wildman–Crippen MR) is 67.4 cm³/mol. The molecule has 5 heteroatoms. The van der Waals surface area contributed by atoms with Gasteiger partial charge in [0.25, 0.3) is 0 Å². The van der Waals surface area contributed by atoms with Gasteiger partial charge in [0, 0.05) is 6.54 Å². The van der Waals surface area contributed by atoms with E-state index in [0.717, 1.165) is 31.0 Å². The second-order valence-electron chi connectivity index (χ2n) is 4.33. The second-order valence-corrected chi connectivity index (χ2v) is 4.33. The molecule has 0 bridgehead atoms. The molecule has 1 unspecified atom stereocenters. The fraction of sp³-hybridized carbons (Fsp3) is 0.667. The Bertz CT molecular complexity index is 364. The van der Waals surface area contributed by atoms with Crippen LogP contribution >= 0.6 is 0 Å². The Labute approximate surface area is 102 Å². The Morgan fingerprint density at radius 3 is 3.12 bits per heavy atom. The molecular weight excluding hydrogens is 216 g/mol. The van der Waals surface area contributed by atoms with Gasteiger partial charge in [0.2, 0.25) is 5.88 Å². The van der Waals surface area contributed by atoms with Gasteiger partial charge in [-0.1, -0.05) is 0 Å². The van der Waals surface area contributed by atoms with E-state index in [1.807, 2.05) is 13.8 Å². The SMILES string of the molecule is CCOc1ncnc(NCC2CCNC2)c1C. The van der Waals surface area contributed by atoms with Gasteiger partial charge in [-0.25, -0.2) is 9.97 Å². The monoisotopic (exact) mass is 236 g/mol. The predicted octanol–water partition coefficient (Wildman–Crippen LogP) is 1.21. The lowest BCUT2D eigenvalue weighted by molar-refractivity contribution is 0.324. The Kier molecular flexibility index (Phi) is 4.14. The molecule has 0 saturated carbocycles. The summed E-state index contributed by atoms with van der Waals surface area (Å²) >= 11 is 0. The lowest BCUT2D eigenvalue weighted by Gasteiger charge is -2.13. The summed E-state index contributed by atoms with van der Waals surface area (Å²) in [5.74, 6) is 2.25. The third-order valence-electron chi connectivity index (χ3n) is 3.04. The Balaban J connectivity index is 1.97. The van der Waals surface area contributed by atoms with Crippen LogP contribution in [-0.4, -0.2) is 36.2 Å². The summed E-state index contributed by atoms with van der Waals surface area (Å²) in [4.78, 5) is 8.38. The summed E-state index contributed by atoms with van der Waals surface area (Å²) in [5, 5.41) is 6.74. The molecule has 1 saturated heterocycles. The van der Waals surface area contributed by atoms with Crippen molar-refractivity contribution < 1.29 is 4.74 Å². The van der Waals surface area contributed by atoms with Crippen molar-refractivity contribution >= 4 is 5.82 Å². The molecule has 1 atom stereocenters. The molecule has 0 spiro atoms. The first kappa shape index (κ1) is 12.1. The van der Waals surface area contributed by atoms with E-state index >= 15 is 0 Å². The topological polar surface area (TPSA) is 59.1 Å². The molecule has 1 aromatic heterocycles. The van der Waals surface area contributed by atoms with Gasteiger partial charge in [0.05, 0.1) is 12.2 Å². The molecule has 0 aliphatic carbocycles. The number of ether oxygens (including phenoxy) is 1. The highest BCUT2D eigenvalue weighted by atomic mass is 16.5. The maximum absolute atomic E-state index is 5.45. The van der Waals surface area contributed by atoms with E-state index in [-0.39, 0.29) is 0 Å². The summed E-state index contributed by atoms with van der Waals surface area (Å²) in [6, 6.07) is 0. The first-order valence-corrected chi connectivity index (χ1v) is 6.20. The summed E-state index contributed by atoms with van der Waals surface area (Å²) in [7, 11) is 0. The molecule has 1 aliphatic rings. The summed E-state index contributed by atoms with van der Waals surface area (Å²) in [6.45, 7) is 7.74.